The number of aromatic nitrogens is 1. The fourth-order valence-corrected chi connectivity index (χ4v) is 1.73. The van der Waals surface area contributed by atoms with E-state index in [4.69, 9.17) is 0 Å². The summed E-state index contributed by atoms with van der Waals surface area (Å²) in [6, 6.07) is 4.20. The predicted molar refractivity (Wildman–Crippen MR) is 54.5 cm³/mol. The molecular formula is C12H13N. The van der Waals surface area contributed by atoms with Crippen LogP contribution in [0.2, 0.25) is 0 Å². The van der Waals surface area contributed by atoms with Crippen molar-refractivity contribution in [2.75, 3.05) is 0 Å². The van der Waals surface area contributed by atoms with Crippen molar-refractivity contribution in [1.82, 2.24) is 4.98 Å². The van der Waals surface area contributed by atoms with Crippen molar-refractivity contribution in [3.05, 3.63) is 53.9 Å². The van der Waals surface area contributed by atoms with Crippen molar-refractivity contribution in [2.45, 2.75) is 19.3 Å². The summed E-state index contributed by atoms with van der Waals surface area (Å²) in [5.74, 6) is 0.563. The van der Waals surface area contributed by atoms with Gasteiger partial charge in [-0.1, -0.05) is 23.8 Å². The molecule has 0 aliphatic heterocycles. The molecular weight excluding hydrogens is 158 g/mol. The molecule has 1 aromatic rings. The standard InChI is InChI=1S/C12H13N/c1-10-4-2-3-5-12(10)11-6-8-13-9-7-11/h2-4,6-9,12H,5H2,1H3. The van der Waals surface area contributed by atoms with E-state index >= 15 is 0 Å². The summed E-state index contributed by atoms with van der Waals surface area (Å²) in [6.45, 7) is 2.19. The Balaban J connectivity index is 2.28. The minimum absolute atomic E-state index is 0.563. The number of hydrogen-bond donors (Lipinski definition) is 0. The normalized spacial score (nSPS) is 21.3. The fraction of sp³-hybridized carbons (Fsp3) is 0.250. The van der Waals surface area contributed by atoms with Crippen LogP contribution in [-0.2, 0) is 0 Å². The zero-order valence-corrected chi connectivity index (χ0v) is 7.77. The minimum Gasteiger partial charge on any atom is -0.265 e. The Kier molecular flexibility index (Phi) is 2.26. The van der Waals surface area contributed by atoms with Crippen molar-refractivity contribution < 1.29 is 0 Å². The van der Waals surface area contributed by atoms with Crippen molar-refractivity contribution in [3.8, 4) is 0 Å². The average Bonchev–Trinajstić information content (AvgIpc) is 2.20. The quantitative estimate of drug-likeness (QED) is 0.632. The second-order valence-electron chi connectivity index (χ2n) is 3.41. The van der Waals surface area contributed by atoms with E-state index in [1.807, 2.05) is 12.4 Å². The first-order valence-electron chi connectivity index (χ1n) is 4.61. The summed E-state index contributed by atoms with van der Waals surface area (Å²) >= 11 is 0. The lowest BCUT2D eigenvalue weighted by atomic mass is 9.87. The highest BCUT2D eigenvalue weighted by Gasteiger charge is 2.12. The molecule has 1 unspecified atom stereocenters. The maximum Gasteiger partial charge on any atom is 0.0270 e. The molecule has 0 fully saturated rings. The van der Waals surface area contributed by atoms with Crippen LogP contribution in [0.4, 0.5) is 0 Å². The van der Waals surface area contributed by atoms with Crippen LogP contribution in [0.15, 0.2) is 48.3 Å². The van der Waals surface area contributed by atoms with Gasteiger partial charge in [-0.2, -0.15) is 0 Å². The van der Waals surface area contributed by atoms with Gasteiger partial charge in [0.15, 0.2) is 0 Å². The number of pyridine rings is 1. The van der Waals surface area contributed by atoms with Gasteiger partial charge in [-0.05, 0) is 31.0 Å². The molecule has 0 amide bonds. The van der Waals surface area contributed by atoms with E-state index < -0.39 is 0 Å². The molecule has 1 heterocycles. The highest BCUT2D eigenvalue weighted by Crippen LogP contribution is 2.29. The van der Waals surface area contributed by atoms with Crippen LogP contribution in [0.3, 0.4) is 0 Å². The van der Waals surface area contributed by atoms with Crippen LogP contribution in [-0.4, -0.2) is 4.98 Å². The first-order chi connectivity index (χ1) is 6.38. The zero-order chi connectivity index (χ0) is 9.10. The molecule has 0 saturated carbocycles. The molecule has 0 radical (unpaired) electrons. The van der Waals surface area contributed by atoms with Gasteiger partial charge < -0.3 is 0 Å². The summed E-state index contributed by atoms with van der Waals surface area (Å²) in [5.41, 5.74) is 2.81. The topological polar surface area (TPSA) is 12.9 Å². The molecule has 2 rings (SSSR count). The first-order valence-corrected chi connectivity index (χ1v) is 4.61. The van der Waals surface area contributed by atoms with E-state index in [-0.39, 0.29) is 0 Å². The Bertz CT molecular complexity index is 335. The third-order valence-corrected chi connectivity index (χ3v) is 2.53. The summed E-state index contributed by atoms with van der Waals surface area (Å²) in [7, 11) is 0. The Morgan fingerprint density at radius 1 is 1.31 bits per heavy atom. The van der Waals surface area contributed by atoms with Crippen LogP contribution in [0, 0.1) is 0 Å². The highest BCUT2D eigenvalue weighted by atomic mass is 14.6. The summed E-state index contributed by atoms with van der Waals surface area (Å²) in [6.07, 6.45) is 11.4. The maximum atomic E-state index is 4.03. The van der Waals surface area contributed by atoms with Gasteiger partial charge in [0, 0.05) is 18.3 Å². The predicted octanol–water partition coefficient (Wildman–Crippen LogP) is 3.07. The van der Waals surface area contributed by atoms with Crippen molar-refractivity contribution in [1.29, 1.82) is 0 Å². The smallest absolute Gasteiger partial charge is 0.0270 e. The van der Waals surface area contributed by atoms with Crippen molar-refractivity contribution >= 4 is 0 Å². The van der Waals surface area contributed by atoms with Crippen molar-refractivity contribution in [3.63, 3.8) is 0 Å². The molecule has 1 aliphatic carbocycles. The zero-order valence-electron chi connectivity index (χ0n) is 7.77. The van der Waals surface area contributed by atoms with Crippen LogP contribution in [0.25, 0.3) is 0 Å². The highest BCUT2D eigenvalue weighted by molar-refractivity contribution is 5.32. The Labute approximate surface area is 78.8 Å². The van der Waals surface area contributed by atoms with Crippen molar-refractivity contribution in [2.24, 2.45) is 0 Å². The average molecular weight is 171 g/mol. The fourth-order valence-electron chi connectivity index (χ4n) is 1.73. The second kappa shape index (κ2) is 3.56. The van der Waals surface area contributed by atoms with Gasteiger partial charge in [0.05, 0.1) is 0 Å². The Morgan fingerprint density at radius 2 is 2.08 bits per heavy atom. The minimum atomic E-state index is 0.563. The lowest BCUT2D eigenvalue weighted by molar-refractivity contribution is 0.795. The summed E-state index contributed by atoms with van der Waals surface area (Å²) in [5, 5.41) is 0. The van der Waals surface area contributed by atoms with E-state index in [0.717, 1.165) is 6.42 Å². The Hall–Kier alpha value is -1.37. The van der Waals surface area contributed by atoms with E-state index in [2.05, 4.69) is 42.3 Å². The second-order valence-corrected chi connectivity index (χ2v) is 3.41. The van der Waals surface area contributed by atoms with E-state index in [0.29, 0.717) is 5.92 Å². The van der Waals surface area contributed by atoms with Gasteiger partial charge in [0.25, 0.3) is 0 Å². The molecule has 1 aliphatic rings. The van der Waals surface area contributed by atoms with Gasteiger partial charge in [0.1, 0.15) is 0 Å². The van der Waals surface area contributed by atoms with Gasteiger partial charge in [-0.3, -0.25) is 4.98 Å². The number of hydrogen-bond acceptors (Lipinski definition) is 1. The molecule has 1 aromatic heterocycles. The molecule has 0 spiro atoms. The molecule has 0 saturated heterocycles. The maximum absolute atomic E-state index is 4.03. The van der Waals surface area contributed by atoms with Gasteiger partial charge in [-0.15, -0.1) is 0 Å². The molecule has 1 heteroatoms. The van der Waals surface area contributed by atoms with Crippen LogP contribution in [0.1, 0.15) is 24.8 Å². The summed E-state index contributed by atoms with van der Waals surface area (Å²) < 4.78 is 0. The van der Waals surface area contributed by atoms with E-state index in [1.54, 1.807) is 0 Å². The number of allylic oxidation sites excluding steroid dienone is 4. The third-order valence-electron chi connectivity index (χ3n) is 2.53. The Morgan fingerprint density at radius 3 is 2.77 bits per heavy atom. The monoisotopic (exact) mass is 171 g/mol. The molecule has 66 valence electrons. The van der Waals surface area contributed by atoms with Gasteiger partial charge >= 0.3 is 0 Å². The molecule has 0 bridgehead atoms. The van der Waals surface area contributed by atoms with Gasteiger partial charge in [-0.25, -0.2) is 0 Å². The van der Waals surface area contributed by atoms with E-state index in [1.165, 1.54) is 11.1 Å². The molecule has 1 nitrogen and oxygen atoms in total. The molecule has 13 heavy (non-hydrogen) atoms. The van der Waals surface area contributed by atoms with Crippen LogP contribution >= 0.6 is 0 Å². The van der Waals surface area contributed by atoms with Crippen LogP contribution < -0.4 is 0 Å². The largest absolute Gasteiger partial charge is 0.265 e. The van der Waals surface area contributed by atoms with Gasteiger partial charge in [0.2, 0.25) is 0 Å². The summed E-state index contributed by atoms with van der Waals surface area (Å²) in [4.78, 5) is 4.03. The molecule has 0 aromatic carbocycles. The number of nitrogens with zero attached hydrogens (tertiary/aromatic N) is 1. The first kappa shape index (κ1) is 8.24. The molecule has 0 N–H and O–H groups in total. The van der Waals surface area contributed by atoms with Crippen LogP contribution in [0.5, 0.6) is 0 Å². The third kappa shape index (κ3) is 1.69. The van der Waals surface area contributed by atoms with E-state index in [9.17, 15) is 0 Å². The SMILES string of the molecule is CC1=CC=CCC1c1ccncc1. The lowest BCUT2D eigenvalue weighted by Crippen LogP contribution is -2.01. The molecule has 1 atom stereocenters. The number of rotatable bonds is 1. The lowest BCUT2D eigenvalue weighted by Gasteiger charge is -2.18.